The average molecular weight is 278 g/mol. The molecule has 2 aromatic carbocycles. The molecule has 0 bridgehead atoms. The normalized spacial score (nSPS) is 21.1. The first-order valence-electron chi connectivity index (χ1n) is 5.62. The number of nitrogens with one attached hydrogen (secondary N) is 1. The first-order valence-corrected chi connectivity index (χ1v) is 6.00. The summed E-state index contributed by atoms with van der Waals surface area (Å²) >= 11 is 5.99. The molecule has 1 unspecified atom stereocenters. The highest BCUT2D eigenvalue weighted by molar-refractivity contribution is 6.32. The van der Waals surface area contributed by atoms with Gasteiger partial charge >= 0.3 is 0 Å². The minimum atomic E-state index is -1.96. The quantitative estimate of drug-likeness (QED) is 0.842. The van der Waals surface area contributed by atoms with Crippen molar-refractivity contribution < 1.29 is 14.3 Å². The smallest absolute Gasteiger partial charge is 0.265 e. The van der Waals surface area contributed by atoms with E-state index in [1.165, 1.54) is 12.1 Å². The van der Waals surface area contributed by atoms with Gasteiger partial charge in [-0.25, -0.2) is 4.39 Å². The van der Waals surface area contributed by atoms with Crippen LogP contribution in [0.1, 0.15) is 11.1 Å². The molecule has 1 aliphatic heterocycles. The molecule has 1 atom stereocenters. The molecule has 0 aliphatic carbocycles. The Kier molecular flexibility index (Phi) is 2.59. The fourth-order valence-electron chi connectivity index (χ4n) is 2.28. The minimum Gasteiger partial charge on any atom is -0.372 e. The lowest BCUT2D eigenvalue weighted by Crippen LogP contribution is -2.35. The van der Waals surface area contributed by atoms with Crippen molar-refractivity contribution in [2.24, 2.45) is 0 Å². The number of fused-ring (bicyclic) bond motifs is 1. The van der Waals surface area contributed by atoms with Gasteiger partial charge in [0.25, 0.3) is 5.91 Å². The fraction of sp³-hybridized carbons (Fsp3) is 0.0714. The summed E-state index contributed by atoms with van der Waals surface area (Å²) < 4.78 is 13.4. The summed E-state index contributed by atoms with van der Waals surface area (Å²) in [7, 11) is 0. The molecular weight excluding hydrogens is 269 g/mol. The van der Waals surface area contributed by atoms with Crippen LogP contribution in [-0.4, -0.2) is 11.0 Å². The molecule has 5 heteroatoms. The van der Waals surface area contributed by atoms with Crippen LogP contribution in [0.4, 0.5) is 10.1 Å². The number of amides is 1. The molecule has 0 spiro atoms. The second kappa shape index (κ2) is 4.05. The molecule has 0 saturated heterocycles. The summed E-state index contributed by atoms with van der Waals surface area (Å²) in [5.74, 6) is -1.20. The Labute approximate surface area is 113 Å². The maximum atomic E-state index is 13.4. The Morgan fingerprint density at radius 3 is 2.68 bits per heavy atom. The van der Waals surface area contributed by atoms with Crippen molar-refractivity contribution in [2.75, 3.05) is 5.32 Å². The van der Waals surface area contributed by atoms with Crippen molar-refractivity contribution in [3.05, 3.63) is 64.4 Å². The monoisotopic (exact) mass is 277 g/mol. The van der Waals surface area contributed by atoms with E-state index in [2.05, 4.69) is 5.32 Å². The molecule has 0 fully saturated rings. The molecule has 2 aromatic rings. The molecular formula is C14H9ClFNO2. The number of anilines is 1. The molecule has 1 heterocycles. The van der Waals surface area contributed by atoms with Gasteiger partial charge < -0.3 is 10.4 Å². The van der Waals surface area contributed by atoms with E-state index in [4.69, 9.17) is 11.6 Å². The Balaban J connectivity index is 2.28. The molecule has 2 N–H and O–H groups in total. The van der Waals surface area contributed by atoms with Crippen LogP contribution in [0, 0.1) is 5.82 Å². The van der Waals surface area contributed by atoms with Gasteiger partial charge in [0.05, 0.1) is 0 Å². The first kappa shape index (κ1) is 12.1. The number of carbonyl (C=O) groups excluding carboxylic acids is 1. The molecule has 0 aromatic heterocycles. The van der Waals surface area contributed by atoms with Gasteiger partial charge in [-0.15, -0.1) is 0 Å². The fourth-order valence-corrected chi connectivity index (χ4v) is 2.54. The van der Waals surface area contributed by atoms with Gasteiger partial charge in [0.15, 0.2) is 5.60 Å². The molecule has 1 aliphatic rings. The number of halogens is 2. The molecule has 3 rings (SSSR count). The van der Waals surface area contributed by atoms with E-state index in [9.17, 15) is 14.3 Å². The van der Waals surface area contributed by atoms with Crippen LogP contribution >= 0.6 is 11.6 Å². The van der Waals surface area contributed by atoms with Crippen LogP contribution in [0.25, 0.3) is 0 Å². The highest BCUT2D eigenvalue weighted by Crippen LogP contribution is 2.43. The lowest BCUT2D eigenvalue weighted by atomic mass is 9.87. The molecule has 96 valence electrons. The van der Waals surface area contributed by atoms with Gasteiger partial charge in [0.2, 0.25) is 0 Å². The van der Waals surface area contributed by atoms with Gasteiger partial charge in [-0.3, -0.25) is 4.79 Å². The average Bonchev–Trinajstić information content (AvgIpc) is 2.66. The third-order valence-electron chi connectivity index (χ3n) is 3.21. The largest absolute Gasteiger partial charge is 0.372 e. The SMILES string of the molecule is O=C1Nc2ccccc2C1(O)c1cc(F)ccc1Cl. The van der Waals surface area contributed by atoms with E-state index >= 15 is 0 Å². The zero-order valence-electron chi connectivity index (χ0n) is 9.65. The van der Waals surface area contributed by atoms with E-state index in [0.717, 1.165) is 6.07 Å². The van der Waals surface area contributed by atoms with E-state index in [0.29, 0.717) is 11.3 Å². The maximum Gasteiger partial charge on any atom is 0.265 e. The van der Waals surface area contributed by atoms with Crippen LogP contribution in [0.3, 0.4) is 0 Å². The van der Waals surface area contributed by atoms with Crippen molar-refractivity contribution in [1.82, 2.24) is 0 Å². The van der Waals surface area contributed by atoms with Gasteiger partial charge in [-0.05, 0) is 24.3 Å². The summed E-state index contributed by atoms with van der Waals surface area (Å²) in [5.41, 5.74) is -1.06. The standard InChI is InChI=1S/C14H9ClFNO2/c15-11-6-5-8(16)7-10(11)14(19)9-3-1-2-4-12(9)17-13(14)18/h1-7,19H,(H,17,18). The number of hydrogen-bond acceptors (Lipinski definition) is 2. The van der Waals surface area contributed by atoms with E-state index < -0.39 is 17.3 Å². The minimum absolute atomic E-state index is 0.0385. The second-order valence-electron chi connectivity index (χ2n) is 4.33. The van der Waals surface area contributed by atoms with Crippen molar-refractivity contribution in [1.29, 1.82) is 0 Å². The predicted octanol–water partition coefficient (Wildman–Crippen LogP) is 2.67. The predicted molar refractivity (Wildman–Crippen MR) is 69.5 cm³/mol. The Morgan fingerprint density at radius 1 is 1.16 bits per heavy atom. The lowest BCUT2D eigenvalue weighted by molar-refractivity contribution is -0.129. The van der Waals surface area contributed by atoms with E-state index in [1.54, 1.807) is 24.3 Å². The number of benzene rings is 2. The molecule has 19 heavy (non-hydrogen) atoms. The number of rotatable bonds is 1. The van der Waals surface area contributed by atoms with Crippen LogP contribution in [0.2, 0.25) is 5.02 Å². The van der Waals surface area contributed by atoms with Crippen molar-refractivity contribution in [2.45, 2.75) is 5.60 Å². The lowest BCUT2D eigenvalue weighted by Gasteiger charge is -2.22. The maximum absolute atomic E-state index is 13.4. The van der Waals surface area contributed by atoms with Crippen LogP contribution in [0.5, 0.6) is 0 Å². The third-order valence-corrected chi connectivity index (χ3v) is 3.54. The Morgan fingerprint density at radius 2 is 1.89 bits per heavy atom. The van der Waals surface area contributed by atoms with E-state index in [1.807, 2.05) is 0 Å². The second-order valence-corrected chi connectivity index (χ2v) is 4.74. The number of carbonyl (C=O) groups is 1. The highest BCUT2D eigenvalue weighted by Gasteiger charge is 2.47. The van der Waals surface area contributed by atoms with Crippen LogP contribution < -0.4 is 5.32 Å². The zero-order chi connectivity index (χ0) is 13.6. The number of aliphatic hydroxyl groups is 1. The number of para-hydroxylation sites is 1. The van der Waals surface area contributed by atoms with Crippen LogP contribution in [-0.2, 0) is 10.4 Å². The summed E-state index contributed by atoms with van der Waals surface area (Å²) in [6.45, 7) is 0. The van der Waals surface area contributed by atoms with Crippen LogP contribution in [0.15, 0.2) is 42.5 Å². The number of hydrogen-bond donors (Lipinski definition) is 2. The summed E-state index contributed by atoms with van der Waals surface area (Å²) in [5, 5.41) is 13.4. The van der Waals surface area contributed by atoms with Gasteiger partial charge in [0, 0.05) is 21.8 Å². The summed E-state index contributed by atoms with van der Waals surface area (Å²) in [6, 6.07) is 10.3. The third kappa shape index (κ3) is 1.64. The topological polar surface area (TPSA) is 49.3 Å². The molecule has 0 saturated carbocycles. The summed E-state index contributed by atoms with van der Waals surface area (Å²) in [6.07, 6.45) is 0. The van der Waals surface area contributed by atoms with Crippen molar-refractivity contribution in [3.63, 3.8) is 0 Å². The molecule has 3 nitrogen and oxygen atoms in total. The Bertz CT molecular complexity index is 689. The molecule has 1 amide bonds. The van der Waals surface area contributed by atoms with E-state index in [-0.39, 0.29) is 10.6 Å². The van der Waals surface area contributed by atoms with Crippen molar-refractivity contribution in [3.8, 4) is 0 Å². The highest BCUT2D eigenvalue weighted by atomic mass is 35.5. The van der Waals surface area contributed by atoms with Gasteiger partial charge in [0.1, 0.15) is 5.82 Å². The zero-order valence-corrected chi connectivity index (χ0v) is 10.4. The molecule has 0 radical (unpaired) electrons. The van der Waals surface area contributed by atoms with Crippen molar-refractivity contribution >= 4 is 23.2 Å². The van der Waals surface area contributed by atoms with Gasteiger partial charge in [-0.2, -0.15) is 0 Å². The van der Waals surface area contributed by atoms with Gasteiger partial charge in [-0.1, -0.05) is 29.8 Å². The Hall–Kier alpha value is -1.91. The first-order chi connectivity index (χ1) is 9.03. The summed E-state index contributed by atoms with van der Waals surface area (Å²) in [4.78, 5) is 12.1.